The first kappa shape index (κ1) is 14.8. The second-order valence-electron chi connectivity index (χ2n) is 4.55. The van der Waals surface area contributed by atoms with Crippen molar-refractivity contribution < 1.29 is 19.8 Å². The first-order chi connectivity index (χ1) is 8.91. The van der Waals surface area contributed by atoms with Gasteiger partial charge in [-0.15, -0.1) is 0 Å². The van der Waals surface area contributed by atoms with Crippen molar-refractivity contribution in [1.29, 1.82) is 0 Å². The summed E-state index contributed by atoms with van der Waals surface area (Å²) in [6.45, 7) is 4.23. The summed E-state index contributed by atoms with van der Waals surface area (Å²) in [4.78, 5) is 23.1. The van der Waals surface area contributed by atoms with Gasteiger partial charge in [-0.05, 0) is 18.1 Å². The molecular formula is C13H18N2O4. The summed E-state index contributed by atoms with van der Waals surface area (Å²) in [6.07, 6.45) is 0. The SMILES string of the molecule is CC(C)CNC(=O)CNC(=O)c1c(O)cccc1O. The van der Waals surface area contributed by atoms with Crippen LogP contribution in [0.3, 0.4) is 0 Å². The van der Waals surface area contributed by atoms with Gasteiger partial charge in [0.25, 0.3) is 5.91 Å². The summed E-state index contributed by atoms with van der Waals surface area (Å²) in [5, 5.41) is 23.9. The van der Waals surface area contributed by atoms with Crippen molar-refractivity contribution in [3.05, 3.63) is 23.8 Å². The number of hydrogen-bond donors (Lipinski definition) is 4. The zero-order chi connectivity index (χ0) is 14.4. The van der Waals surface area contributed by atoms with Crippen molar-refractivity contribution in [1.82, 2.24) is 10.6 Å². The van der Waals surface area contributed by atoms with Crippen LogP contribution in [-0.4, -0.2) is 35.1 Å². The van der Waals surface area contributed by atoms with Gasteiger partial charge < -0.3 is 20.8 Å². The van der Waals surface area contributed by atoms with E-state index in [1.54, 1.807) is 0 Å². The molecule has 0 radical (unpaired) electrons. The molecule has 0 fully saturated rings. The number of nitrogens with one attached hydrogen (secondary N) is 2. The summed E-state index contributed by atoms with van der Waals surface area (Å²) in [6, 6.07) is 3.98. The highest BCUT2D eigenvalue weighted by Gasteiger charge is 2.16. The molecule has 1 aromatic carbocycles. The van der Waals surface area contributed by atoms with Crippen LogP contribution < -0.4 is 10.6 Å². The molecule has 0 bridgehead atoms. The smallest absolute Gasteiger partial charge is 0.259 e. The highest BCUT2D eigenvalue weighted by molar-refractivity contribution is 6.00. The number of phenolic OH excluding ortho intramolecular Hbond substituents is 2. The summed E-state index contributed by atoms with van der Waals surface area (Å²) in [5.41, 5.74) is -0.237. The lowest BCUT2D eigenvalue weighted by molar-refractivity contribution is -0.120. The van der Waals surface area contributed by atoms with E-state index in [2.05, 4.69) is 10.6 Å². The Morgan fingerprint density at radius 2 is 1.74 bits per heavy atom. The van der Waals surface area contributed by atoms with E-state index in [1.807, 2.05) is 13.8 Å². The molecule has 0 saturated heterocycles. The molecule has 0 heterocycles. The summed E-state index contributed by atoms with van der Waals surface area (Å²) in [7, 11) is 0. The number of hydrogen-bond acceptors (Lipinski definition) is 4. The van der Waals surface area contributed by atoms with Crippen molar-refractivity contribution in [2.24, 2.45) is 5.92 Å². The first-order valence-electron chi connectivity index (χ1n) is 5.97. The Labute approximate surface area is 111 Å². The maximum Gasteiger partial charge on any atom is 0.259 e. The summed E-state index contributed by atoms with van der Waals surface area (Å²) >= 11 is 0. The fourth-order valence-electron chi connectivity index (χ4n) is 1.39. The fourth-order valence-corrected chi connectivity index (χ4v) is 1.39. The van der Waals surface area contributed by atoms with Crippen molar-refractivity contribution in [3.63, 3.8) is 0 Å². The van der Waals surface area contributed by atoms with Crippen molar-refractivity contribution in [2.45, 2.75) is 13.8 Å². The Bertz CT molecular complexity index is 451. The van der Waals surface area contributed by atoms with E-state index in [0.29, 0.717) is 12.5 Å². The van der Waals surface area contributed by atoms with Gasteiger partial charge in [-0.3, -0.25) is 9.59 Å². The number of rotatable bonds is 5. The lowest BCUT2D eigenvalue weighted by atomic mass is 10.1. The van der Waals surface area contributed by atoms with E-state index in [1.165, 1.54) is 18.2 Å². The molecule has 0 saturated carbocycles. The van der Waals surface area contributed by atoms with Crippen LogP contribution in [0.1, 0.15) is 24.2 Å². The monoisotopic (exact) mass is 266 g/mol. The van der Waals surface area contributed by atoms with Crippen LogP contribution >= 0.6 is 0 Å². The van der Waals surface area contributed by atoms with Crippen LogP contribution in [0, 0.1) is 5.92 Å². The topological polar surface area (TPSA) is 98.7 Å². The third kappa shape index (κ3) is 4.50. The van der Waals surface area contributed by atoms with Crippen LogP contribution in [0.5, 0.6) is 11.5 Å². The van der Waals surface area contributed by atoms with Crippen LogP contribution in [0.15, 0.2) is 18.2 Å². The minimum atomic E-state index is -0.699. The molecule has 0 aliphatic rings. The molecule has 19 heavy (non-hydrogen) atoms. The molecular weight excluding hydrogens is 248 g/mol. The van der Waals surface area contributed by atoms with Crippen molar-refractivity contribution in [3.8, 4) is 11.5 Å². The third-order valence-corrected chi connectivity index (χ3v) is 2.36. The predicted octanol–water partition coefficient (Wildman–Crippen LogP) is 0.600. The van der Waals surface area contributed by atoms with Gasteiger partial charge in [0.1, 0.15) is 17.1 Å². The third-order valence-electron chi connectivity index (χ3n) is 2.36. The molecule has 4 N–H and O–H groups in total. The Morgan fingerprint density at radius 1 is 1.16 bits per heavy atom. The first-order valence-corrected chi connectivity index (χ1v) is 5.97. The zero-order valence-corrected chi connectivity index (χ0v) is 10.9. The van der Waals surface area contributed by atoms with Crippen LogP contribution in [0.2, 0.25) is 0 Å². The van der Waals surface area contributed by atoms with Gasteiger partial charge in [0.05, 0.1) is 6.54 Å². The van der Waals surface area contributed by atoms with Gasteiger partial charge in [0.15, 0.2) is 0 Å². The Kier molecular flexibility index (Phi) is 5.17. The molecule has 0 aliphatic carbocycles. The number of carbonyl (C=O) groups excluding carboxylic acids is 2. The Hall–Kier alpha value is -2.24. The second kappa shape index (κ2) is 6.63. The van der Waals surface area contributed by atoms with Gasteiger partial charge >= 0.3 is 0 Å². The minimum Gasteiger partial charge on any atom is -0.507 e. The highest BCUT2D eigenvalue weighted by atomic mass is 16.3. The Balaban J connectivity index is 2.54. The quantitative estimate of drug-likeness (QED) is 0.627. The van der Waals surface area contributed by atoms with Crippen molar-refractivity contribution >= 4 is 11.8 Å². The number of aromatic hydroxyl groups is 2. The van der Waals surface area contributed by atoms with Gasteiger partial charge in [-0.25, -0.2) is 0 Å². The molecule has 6 nitrogen and oxygen atoms in total. The molecule has 0 spiro atoms. The van der Waals surface area contributed by atoms with E-state index >= 15 is 0 Å². The zero-order valence-electron chi connectivity index (χ0n) is 10.9. The normalized spacial score (nSPS) is 10.3. The number of carbonyl (C=O) groups is 2. The average Bonchev–Trinajstić information content (AvgIpc) is 2.33. The summed E-state index contributed by atoms with van der Waals surface area (Å²) < 4.78 is 0. The predicted molar refractivity (Wildman–Crippen MR) is 70.0 cm³/mol. The number of phenols is 2. The maximum absolute atomic E-state index is 11.7. The van der Waals surface area contributed by atoms with Crippen LogP contribution in [0.25, 0.3) is 0 Å². The van der Waals surface area contributed by atoms with Crippen LogP contribution in [-0.2, 0) is 4.79 Å². The molecule has 0 aliphatic heterocycles. The largest absolute Gasteiger partial charge is 0.507 e. The van der Waals surface area contributed by atoms with Gasteiger partial charge in [0, 0.05) is 6.54 Å². The second-order valence-corrected chi connectivity index (χ2v) is 4.55. The van der Waals surface area contributed by atoms with E-state index in [9.17, 15) is 19.8 Å². The van der Waals surface area contributed by atoms with E-state index in [-0.39, 0.29) is 29.5 Å². The molecule has 0 atom stereocenters. The standard InChI is InChI=1S/C13H18N2O4/c1-8(2)6-14-11(18)7-15-13(19)12-9(16)4-3-5-10(12)17/h3-5,8,16-17H,6-7H2,1-2H3,(H,14,18)(H,15,19). The summed E-state index contributed by atoms with van der Waals surface area (Å²) in [5.74, 6) is -1.37. The minimum absolute atomic E-state index is 0.209. The van der Waals surface area contributed by atoms with Gasteiger partial charge in [0.2, 0.25) is 5.91 Å². The van der Waals surface area contributed by atoms with E-state index in [4.69, 9.17) is 0 Å². The molecule has 1 aromatic rings. The van der Waals surface area contributed by atoms with Gasteiger partial charge in [-0.2, -0.15) is 0 Å². The molecule has 104 valence electrons. The molecule has 0 unspecified atom stereocenters. The Morgan fingerprint density at radius 3 is 2.26 bits per heavy atom. The molecule has 0 aromatic heterocycles. The molecule has 6 heteroatoms. The van der Waals surface area contributed by atoms with E-state index < -0.39 is 5.91 Å². The van der Waals surface area contributed by atoms with Crippen molar-refractivity contribution in [2.75, 3.05) is 13.1 Å². The highest BCUT2D eigenvalue weighted by Crippen LogP contribution is 2.25. The van der Waals surface area contributed by atoms with Gasteiger partial charge in [-0.1, -0.05) is 19.9 Å². The van der Waals surface area contributed by atoms with Crippen LogP contribution in [0.4, 0.5) is 0 Å². The maximum atomic E-state index is 11.7. The lowest BCUT2D eigenvalue weighted by Gasteiger charge is -2.10. The van der Waals surface area contributed by atoms with E-state index in [0.717, 1.165) is 0 Å². The number of benzene rings is 1. The fraction of sp³-hybridized carbons (Fsp3) is 0.385. The molecule has 1 rings (SSSR count). The molecule has 2 amide bonds. The average molecular weight is 266 g/mol. The number of amides is 2. The lowest BCUT2D eigenvalue weighted by Crippen LogP contribution is -2.38.